The Morgan fingerprint density at radius 2 is 2.06 bits per heavy atom. The Bertz CT molecular complexity index is 397. The number of nitrogens with one attached hydrogen (secondary N) is 1. The van der Waals surface area contributed by atoms with Gasteiger partial charge >= 0.3 is 0 Å². The van der Waals surface area contributed by atoms with Gasteiger partial charge in [-0.25, -0.2) is 0 Å². The molecule has 0 spiro atoms. The van der Waals surface area contributed by atoms with Crippen molar-refractivity contribution >= 4 is 23.1 Å². The smallest absolute Gasteiger partial charge is 0.272 e. The molecule has 1 aromatic rings. The number of non-ortho nitro benzene ring substituents is 1. The first kappa shape index (κ1) is 14.8. The van der Waals surface area contributed by atoms with E-state index in [1.807, 2.05) is 13.0 Å². The fourth-order valence-corrected chi connectivity index (χ4v) is 2.62. The molecule has 0 atom stereocenters. The van der Waals surface area contributed by atoms with Gasteiger partial charge in [-0.1, -0.05) is 19.8 Å². The fourth-order valence-electron chi connectivity index (χ4n) is 1.62. The number of nitro groups is 1. The zero-order valence-corrected chi connectivity index (χ0v) is 11.8. The van der Waals surface area contributed by atoms with Gasteiger partial charge in [-0.3, -0.25) is 10.1 Å². The second-order valence-corrected chi connectivity index (χ2v) is 5.23. The second-order valence-electron chi connectivity index (χ2n) is 4.06. The van der Waals surface area contributed by atoms with E-state index in [4.69, 9.17) is 0 Å². The molecule has 0 heterocycles. The van der Waals surface area contributed by atoms with Gasteiger partial charge in [-0.05, 0) is 25.2 Å². The first-order valence-electron chi connectivity index (χ1n) is 6.33. The Kier molecular flexibility index (Phi) is 6.57. The summed E-state index contributed by atoms with van der Waals surface area (Å²) in [5.41, 5.74) is 0.983. The summed E-state index contributed by atoms with van der Waals surface area (Å²) in [7, 11) is 0. The van der Waals surface area contributed by atoms with Crippen LogP contribution in [0.15, 0.2) is 23.1 Å². The van der Waals surface area contributed by atoms with E-state index >= 15 is 0 Å². The summed E-state index contributed by atoms with van der Waals surface area (Å²) >= 11 is 1.69. The van der Waals surface area contributed by atoms with Gasteiger partial charge in [0.25, 0.3) is 5.69 Å². The number of rotatable bonds is 8. The van der Waals surface area contributed by atoms with E-state index < -0.39 is 0 Å². The van der Waals surface area contributed by atoms with Crippen LogP contribution in [-0.4, -0.2) is 17.2 Å². The topological polar surface area (TPSA) is 55.2 Å². The van der Waals surface area contributed by atoms with Crippen molar-refractivity contribution in [2.24, 2.45) is 0 Å². The summed E-state index contributed by atoms with van der Waals surface area (Å²) in [5.74, 6) is 1.01. The van der Waals surface area contributed by atoms with Crippen LogP contribution in [0.4, 0.5) is 11.4 Å². The molecule has 0 amide bonds. The molecule has 0 aromatic heterocycles. The number of unbranched alkanes of at least 4 members (excludes halogenated alkanes) is 2. The van der Waals surface area contributed by atoms with Crippen molar-refractivity contribution in [3.8, 4) is 0 Å². The summed E-state index contributed by atoms with van der Waals surface area (Å²) in [6.45, 7) is 4.91. The molecule has 0 aliphatic rings. The molecule has 5 heteroatoms. The van der Waals surface area contributed by atoms with Crippen LogP contribution < -0.4 is 5.32 Å². The van der Waals surface area contributed by atoms with Crippen molar-refractivity contribution in [2.75, 3.05) is 17.6 Å². The predicted octanol–water partition coefficient (Wildman–Crippen LogP) is 4.31. The number of nitrogens with zero attached hydrogens (tertiary/aromatic N) is 1. The largest absolute Gasteiger partial charge is 0.385 e. The molecule has 0 unspecified atom stereocenters. The monoisotopic (exact) mass is 268 g/mol. The average Bonchev–Trinajstić information content (AvgIpc) is 2.35. The molecular formula is C13H20N2O2S. The van der Waals surface area contributed by atoms with Gasteiger partial charge in [0.05, 0.1) is 4.92 Å². The maximum Gasteiger partial charge on any atom is 0.272 e. The maximum atomic E-state index is 10.9. The van der Waals surface area contributed by atoms with Crippen molar-refractivity contribution in [3.05, 3.63) is 28.3 Å². The van der Waals surface area contributed by atoms with Gasteiger partial charge in [0, 0.05) is 29.3 Å². The summed E-state index contributed by atoms with van der Waals surface area (Å²) in [4.78, 5) is 11.5. The van der Waals surface area contributed by atoms with Crippen LogP contribution in [0, 0.1) is 10.1 Å². The zero-order valence-electron chi connectivity index (χ0n) is 10.9. The lowest BCUT2D eigenvalue weighted by Crippen LogP contribution is -1.98. The average molecular weight is 268 g/mol. The summed E-state index contributed by atoms with van der Waals surface area (Å²) in [5, 5.41) is 14.0. The number of benzene rings is 1. The molecule has 0 aliphatic heterocycles. The minimum Gasteiger partial charge on any atom is -0.385 e. The van der Waals surface area contributed by atoms with Crippen molar-refractivity contribution in [1.82, 2.24) is 0 Å². The van der Waals surface area contributed by atoms with E-state index in [1.165, 1.54) is 12.8 Å². The van der Waals surface area contributed by atoms with Crippen LogP contribution in [0.25, 0.3) is 0 Å². The molecule has 1 aromatic carbocycles. The summed E-state index contributed by atoms with van der Waals surface area (Å²) in [6, 6.07) is 5.21. The van der Waals surface area contributed by atoms with E-state index in [0.29, 0.717) is 0 Å². The molecular weight excluding hydrogens is 248 g/mol. The molecule has 1 N–H and O–H groups in total. The van der Waals surface area contributed by atoms with E-state index in [0.717, 1.165) is 29.3 Å². The van der Waals surface area contributed by atoms with Crippen molar-refractivity contribution < 1.29 is 4.92 Å². The predicted molar refractivity (Wildman–Crippen MR) is 77.5 cm³/mol. The van der Waals surface area contributed by atoms with E-state index in [1.54, 1.807) is 23.9 Å². The maximum absolute atomic E-state index is 10.9. The number of hydrogen-bond acceptors (Lipinski definition) is 4. The van der Waals surface area contributed by atoms with Gasteiger partial charge in [0.2, 0.25) is 0 Å². The Morgan fingerprint density at radius 3 is 2.67 bits per heavy atom. The van der Waals surface area contributed by atoms with Crippen LogP contribution in [0.1, 0.15) is 33.1 Å². The number of nitro benzene ring substituents is 1. The molecule has 18 heavy (non-hydrogen) atoms. The minimum atomic E-state index is -0.336. The van der Waals surface area contributed by atoms with Gasteiger partial charge in [0.15, 0.2) is 0 Å². The highest BCUT2D eigenvalue weighted by Crippen LogP contribution is 2.28. The number of thioether (sulfide) groups is 1. The first-order valence-corrected chi connectivity index (χ1v) is 7.32. The number of anilines is 1. The van der Waals surface area contributed by atoms with Crippen molar-refractivity contribution in [1.29, 1.82) is 0 Å². The van der Waals surface area contributed by atoms with Gasteiger partial charge in [-0.15, -0.1) is 11.8 Å². The molecule has 0 saturated heterocycles. The van der Waals surface area contributed by atoms with E-state index in [2.05, 4.69) is 12.2 Å². The van der Waals surface area contributed by atoms with Crippen LogP contribution in [0.3, 0.4) is 0 Å². The molecule has 0 bridgehead atoms. The van der Waals surface area contributed by atoms with Crippen LogP contribution in [0.2, 0.25) is 0 Å². The van der Waals surface area contributed by atoms with Crippen LogP contribution in [0.5, 0.6) is 0 Å². The molecule has 0 radical (unpaired) electrons. The lowest BCUT2D eigenvalue weighted by Gasteiger charge is -2.06. The third kappa shape index (κ3) is 4.96. The minimum absolute atomic E-state index is 0.159. The van der Waals surface area contributed by atoms with Crippen LogP contribution >= 0.6 is 11.8 Å². The highest BCUT2D eigenvalue weighted by molar-refractivity contribution is 7.99. The Balaban J connectivity index is 2.72. The van der Waals surface area contributed by atoms with E-state index in [9.17, 15) is 10.1 Å². The third-order valence-electron chi connectivity index (χ3n) is 2.50. The Labute approximate surface area is 112 Å². The van der Waals surface area contributed by atoms with Gasteiger partial charge in [-0.2, -0.15) is 0 Å². The molecule has 1 rings (SSSR count). The van der Waals surface area contributed by atoms with Gasteiger partial charge < -0.3 is 5.32 Å². The quantitative estimate of drug-likeness (QED) is 0.330. The third-order valence-corrected chi connectivity index (χ3v) is 3.56. The van der Waals surface area contributed by atoms with Gasteiger partial charge in [0.1, 0.15) is 0 Å². The van der Waals surface area contributed by atoms with E-state index in [-0.39, 0.29) is 10.6 Å². The SMILES string of the molecule is CCCCCSc1cc(NCC)cc([N+](=O)[O-])c1. The summed E-state index contributed by atoms with van der Waals surface area (Å²) in [6.07, 6.45) is 3.56. The van der Waals surface area contributed by atoms with Crippen molar-refractivity contribution in [3.63, 3.8) is 0 Å². The van der Waals surface area contributed by atoms with Crippen molar-refractivity contribution in [2.45, 2.75) is 38.0 Å². The highest BCUT2D eigenvalue weighted by atomic mass is 32.2. The Morgan fingerprint density at radius 1 is 1.28 bits per heavy atom. The number of hydrogen-bond donors (Lipinski definition) is 1. The molecule has 100 valence electrons. The molecule has 4 nitrogen and oxygen atoms in total. The molecule has 0 fully saturated rings. The second kappa shape index (κ2) is 7.97. The summed E-state index contributed by atoms with van der Waals surface area (Å²) < 4.78 is 0. The lowest BCUT2D eigenvalue weighted by atomic mass is 10.3. The molecule has 0 aliphatic carbocycles. The normalized spacial score (nSPS) is 10.3. The lowest BCUT2D eigenvalue weighted by molar-refractivity contribution is -0.385. The highest BCUT2D eigenvalue weighted by Gasteiger charge is 2.09. The first-order chi connectivity index (χ1) is 8.67. The van der Waals surface area contributed by atoms with Crippen LogP contribution in [-0.2, 0) is 0 Å². The fraction of sp³-hybridized carbons (Fsp3) is 0.538. The molecule has 0 saturated carbocycles. The Hall–Kier alpha value is -1.23. The zero-order chi connectivity index (χ0) is 13.4. The standard InChI is InChI=1S/C13H20N2O2S/c1-3-5-6-7-18-13-9-11(14-4-2)8-12(10-13)15(16)17/h8-10,14H,3-7H2,1-2H3.